The highest BCUT2D eigenvalue weighted by Crippen LogP contribution is 2.24. The summed E-state index contributed by atoms with van der Waals surface area (Å²) in [6.45, 7) is 1.92. The van der Waals surface area contributed by atoms with Crippen molar-refractivity contribution in [3.05, 3.63) is 29.8 Å². The lowest BCUT2D eigenvalue weighted by Gasteiger charge is -2.17. The molecule has 4 amide bonds. The first-order valence-electron chi connectivity index (χ1n) is 9.47. The van der Waals surface area contributed by atoms with Gasteiger partial charge < -0.3 is 10.6 Å². The van der Waals surface area contributed by atoms with Crippen LogP contribution in [0.15, 0.2) is 24.3 Å². The summed E-state index contributed by atoms with van der Waals surface area (Å²) < 4.78 is 0. The Morgan fingerprint density at radius 2 is 1.67 bits per heavy atom. The van der Waals surface area contributed by atoms with E-state index in [9.17, 15) is 19.2 Å². The molecule has 1 saturated heterocycles. The number of anilines is 1. The molecule has 2 fully saturated rings. The average molecular weight is 371 g/mol. The molecule has 1 atom stereocenters. The molecule has 1 saturated carbocycles. The molecule has 1 aromatic rings. The van der Waals surface area contributed by atoms with Crippen LogP contribution in [0, 0.1) is 5.92 Å². The lowest BCUT2D eigenvalue weighted by atomic mass is 10.1. The highest BCUT2D eigenvalue weighted by Gasteiger charge is 2.28. The molecule has 3 rings (SSSR count). The van der Waals surface area contributed by atoms with Gasteiger partial charge in [-0.25, -0.2) is 0 Å². The van der Waals surface area contributed by atoms with E-state index in [4.69, 9.17) is 0 Å². The maximum absolute atomic E-state index is 12.3. The number of rotatable bonds is 6. The first kappa shape index (κ1) is 19.1. The van der Waals surface area contributed by atoms with Crippen LogP contribution in [-0.4, -0.2) is 34.6 Å². The molecule has 0 radical (unpaired) electrons. The average Bonchev–Trinajstić information content (AvgIpc) is 3.29. The Kier molecular flexibility index (Phi) is 5.88. The minimum Gasteiger partial charge on any atom is -0.344 e. The van der Waals surface area contributed by atoms with Gasteiger partial charge in [0.25, 0.3) is 0 Å². The van der Waals surface area contributed by atoms with Crippen molar-refractivity contribution < 1.29 is 19.2 Å². The molecule has 2 N–H and O–H groups in total. The molecule has 27 heavy (non-hydrogen) atoms. The van der Waals surface area contributed by atoms with Gasteiger partial charge in [0, 0.05) is 24.4 Å². The van der Waals surface area contributed by atoms with Gasteiger partial charge in [-0.05, 0) is 37.5 Å². The number of carbonyl (C=O) groups excluding carboxylic acids is 4. The number of hydrogen-bond donors (Lipinski definition) is 2. The van der Waals surface area contributed by atoms with E-state index in [0.29, 0.717) is 5.69 Å². The fourth-order valence-corrected chi connectivity index (χ4v) is 3.51. The van der Waals surface area contributed by atoms with E-state index in [2.05, 4.69) is 10.6 Å². The largest absolute Gasteiger partial charge is 0.344 e. The van der Waals surface area contributed by atoms with Crippen molar-refractivity contribution in [2.45, 2.75) is 58.0 Å². The third-order valence-electron chi connectivity index (χ3n) is 5.20. The van der Waals surface area contributed by atoms with Crippen LogP contribution >= 0.6 is 0 Å². The molecule has 0 bridgehead atoms. The molecular weight excluding hydrogens is 346 g/mol. The topological polar surface area (TPSA) is 95.6 Å². The van der Waals surface area contributed by atoms with Crippen LogP contribution in [0.3, 0.4) is 0 Å². The molecule has 1 aliphatic heterocycles. The van der Waals surface area contributed by atoms with E-state index in [0.717, 1.165) is 31.2 Å². The second-order valence-electron chi connectivity index (χ2n) is 7.27. The van der Waals surface area contributed by atoms with Crippen LogP contribution in [0.25, 0.3) is 0 Å². The Balaban J connectivity index is 1.51. The molecule has 1 aliphatic carbocycles. The van der Waals surface area contributed by atoms with Crippen LogP contribution in [0.5, 0.6) is 0 Å². The Bertz CT molecular complexity index is 722. The molecule has 2 aliphatic rings. The van der Waals surface area contributed by atoms with E-state index in [1.165, 1.54) is 4.90 Å². The van der Waals surface area contributed by atoms with Crippen molar-refractivity contribution in [2.24, 2.45) is 5.92 Å². The Labute approximate surface area is 158 Å². The molecule has 1 heterocycles. The summed E-state index contributed by atoms with van der Waals surface area (Å²) in [5.74, 6) is -0.603. The van der Waals surface area contributed by atoms with Crippen LogP contribution in [0.1, 0.15) is 51.0 Å². The van der Waals surface area contributed by atoms with Gasteiger partial charge in [-0.1, -0.05) is 25.0 Å². The molecule has 0 aromatic heterocycles. The minimum atomic E-state index is -0.613. The SMILES string of the molecule is CC(NC(=O)C1CCCC1)C(=O)Nc1ccc(CN2C(=O)CCC2=O)cc1. The van der Waals surface area contributed by atoms with E-state index < -0.39 is 6.04 Å². The van der Waals surface area contributed by atoms with Gasteiger partial charge in [-0.3, -0.25) is 24.1 Å². The van der Waals surface area contributed by atoms with Crippen molar-refractivity contribution >= 4 is 29.3 Å². The molecule has 1 aromatic carbocycles. The fourth-order valence-electron chi connectivity index (χ4n) is 3.51. The summed E-state index contributed by atoms with van der Waals surface area (Å²) in [5, 5.41) is 5.55. The number of nitrogens with zero attached hydrogens (tertiary/aromatic N) is 1. The maximum Gasteiger partial charge on any atom is 0.246 e. The third-order valence-corrected chi connectivity index (χ3v) is 5.20. The fraction of sp³-hybridized carbons (Fsp3) is 0.500. The van der Waals surface area contributed by atoms with Crippen LogP contribution in [0.4, 0.5) is 5.69 Å². The summed E-state index contributed by atoms with van der Waals surface area (Å²) >= 11 is 0. The van der Waals surface area contributed by atoms with Crippen LogP contribution in [0.2, 0.25) is 0 Å². The lowest BCUT2D eigenvalue weighted by Crippen LogP contribution is -2.43. The Hall–Kier alpha value is -2.70. The zero-order valence-corrected chi connectivity index (χ0v) is 15.5. The number of carbonyl (C=O) groups is 4. The molecule has 1 unspecified atom stereocenters. The van der Waals surface area contributed by atoms with Crippen molar-refractivity contribution in [2.75, 3.05) is 5.32 Å². The molecular formula is C20H25N3O4. The monoisotopic (exact) mass is 371 g/mol. The third kappa shape index (κ3) is 4.72. The quantitative estimate of drug-likeness (QED) is 0.748. The second kappa shape index (κ2) is 8.33. The molecule has 7 heteroatoms. The summed E-state index contributed by atoms with van der Waals surface area (Å²) in [6, 6.07) is 6.39. The predicted molar refractivity (Wildman–Crippen MR) is 99.4 cm³/mol. The van der Waals surface area contributed by atoms with E-state index in [1.54, 1.807) is 31.2 Å². The lowest BCUT2D eigenvalue weighted by molar-refractivity contribution is -0.139. The standard InChI is InChI=1S/C20H25N3O4/c1-13(21-20(27)15-4-2-3-5-15)19(26)22-16-8-6-14(7-9-16)12-23-17(24)10-11-18(23)25/h6-9,13,15H,2-5,10-12H2,1H3,(H,21,27)(H,22,26). The first-order chi connectivity index (χ1) is 12.9. The number of nitrogens with one attached hydrogen (secondary N) is 2. The summed E-state index contributed by atoms with van der Waals surface area (Å²) in [5.41, 5.74) is 1.42. The maximum atomic E-state index is 12.3. The Morgan fingerprint density at radius 3 is 2.26 bits per heavy atom. The normalized spacial score (nSPS) is 18.6. The van der Waals surface area contributed by atoms with E-state index >= 15 is 0 Å². The molecule has 144 valence electrons. The smallest absolute Gasteiger partial charge is 0.246 e. The number of benzene rings is 1. The highest BCUT2D eigenvalue weighted by atomic mass is 16.2. The van der Waals surface area contributed by atoms with Crippen LogP contribution in [-0.2, 0) is 25.7 Å². The molecule has 7 nitrogen and oxygen atoms in total. The van der Waals surface area contributed by atoms with Crippen molar-refractivity contribution in [1.82, 2.24) is 10.2 Å². The number of imide groups is 1. The molecule has 0 spiro atoms. The zero-order chi connectivity index (χ0) is 19.4. The van der Waals surface area contributed by atoms with Crippen LogP contribution < -0.4 is 10.6 Å². The van der Waals surface area contributed by atoms with Gasteiger partial charge >= 0.3 is 0 Å². The summed E-state index contributed by atoms with van der Waals surface area (Å²) in [6.07, 6.45) is 4.47. The van der Waals surface area contributed by atoms with Gasteiger partial charge in [-0.2, -0.15) is 0 Å². The number of amides is 4. The van der Waals surface area contributed by atoms with Gasteiger partial charge in [0.2, 0.25) is 23.6 Å². The van der Waals surface area contributed by atoms with Crippen molar-refractivity contribution in [1.29, 1.82) is 0 Å². The first-order valence-corrected chi connectivity index (χ1v) is 9.47. The van der Waals surface area contributed by atoms with E-state index in [-0.39, 0.29) is 48.9 Å². The van der Waals surface area contributed by atoms with Gasteiger partial charge in [-0.15, -0.1) is 0 Å². The highest BCUT2D eigenvalue weighted by molar-refractivity contribution is 6.01. The van der Waals surface area contributed by atoms with Gasteiger partial charge in [0.15, 0.2) is 0 Å². The number of hydrogen-bond acceptors (Lipinski definition) is 4. The Morgan fingerprint density at radius 1 is 1.07 bits per heavy atom. The number of likely N-dealkylation sites (tertiary alicyclic amines) is 1. The minimum absolute atomic E-state index is 0.0236. The summed E-state index contributed by atoms with van der Waals surface area (Å²) in [7, 11) is 0. The predicted octanol–water partition coefficient (Wildman–Crippen LogP) is 1.97. The second-order valence-corrected chi connectivity index (χ2v) is 7.27. The zero-order valence-electron chi connectivity index (χ0n) is 15.5. The van der Waals surface area contributed by atoms with Gasteiger partial charge in [0.05, 0.1) is 6.54 Å². The summed E-state index contributed by atoms with van der Waals surface area (Å²) in [4.78, 5) is 49.0. The van der Waals surface area contributed by atoms with Gasteiger partial charge in [0.1, 0.15) is 6.04 Å². The van der Waals surface area contributed by atoms with Crippen molar-refractivity contribution in [3.8, 4) is 0 Å². The van der Waals surface area contributed by atoms with E-state index in [1.807, 2.05) is 0 Å². The van der Waals surface area contributed by atoms with Crippen molar-refractivity contribution in [3.63, 3.8) is 0 Å².